The maximum Gasteiger partial charge on any atom is 0.0447 e. The highest BCUT2D eigenvalue weighted by Gasteiger charge is 1.96. The molecular formula is C10H20N2. The molecule has 0 aliphatic rings. The Balaban J connectivity index is 0. The number of allylic oxidation sites excluding steroid dienone is 2. The summed E-state index contributed by atoms with van der Waals surface area (Å²) in [6.45, 7) is 10.1. The van der Waals surface area contributed by atoms with E-state index in [1.165, 1.54) is 12.4 Å². The van der Waals surface area contributed by atoms with Gasteiger partial charge in [-0.1, -0.05) is 33.8 Å². The minimum absolute atomic E-state index is 0.446. The molecule has 0 aromatic heterocycles. The Labute approximate surface area is 75.9 Å². The van der Waals surface area contributed by atoms with Crippen LogP contribution in [0.25, 0.3) is 0 Å². The molecule has 12 heavy (non-hydrogen) atoms. The summed E-state index contributed by atoms with van der Waals surface area (Å²) in [4.78, 5) is 4.05. The molecular weight excluding hydrogens is 148 g/mol. The van der Waals surface area contributed by atoms with Gasteiger partial charge in [-0.25, -0.2) is 0 Å². The van der Waals surface area contributed by atoms with Gasteiger partial charge in [-0.15, -0.1) is 0 Å². The molecule has 0 aliphatic carbocycles. The number of rotatable bonds is 3. The third kappa shape index (κ3) is 7.19. The van der Waals surface area contributed by atoms with Gasteiger partial charge in [-0.05, 0) is 12.8 Å². The summed E-state index contributed by atoms with van der Waals surface area (Å²) in [5, 5.41) is 6.71. The molecule has 0 spiro atoms. The van der Waals surface area contributed by atoms with Crippen LogP contribution in [-0.4, -0.2) is 12.4 Å². The van der Waals surface area contributed by atoms with Crippen molar-refractivity contribution in [3.05, 3.63) is 11.8 Å². The van der Waals surface area contributed by atoms with Crippen molar-refractivity contribution < 1.29 is 0 Å². The smallest absolute Gasteiger partial charge is 0.0447 e. The van der Waals surface area contributed by atoms with Gasteiger partial charge in [0.25, 0.3) is 0 Å². The second-order valence-corrected chi connectivity index (χ2v) is 2.31. The predicted molar refractivity (Wildman–Crippen MR) is 57.2 cm³/mol. The number of hydrogen-bond acceptors (Lipinski definition) is 2. The first-order chi connectivity index (χ1) is 5.72. The number of hydrogen-bond donors (Lipinski definition) is 1. The van der Waals surface area contributed by atoms with Gasteiger partial charge in [0.2, 0.25) is 0 Å². The Morgan fingerprint density at radius 2 is 1.83 bits per heavy atom. The van der Waals surface area contributed by atoms with Crippen LogP contribution in [0.3, 0.4) is 0 Å². The molecule has 0 amide bonds. The first kappa shape index (κ1) is 13.7. The lowest BCUT2D eigenvalue weighted by molar-refractivity contribution is 0.757. The zero-order chi connectivity index (χ0) is 9.98. The van der Waals surface area contributed by atoms with E-state index in [2.05, 4.69) is 18.8 Å². The molecule has 0 saturated carbocycles. The fourth-order valence-electron chi connectivity index (χ4n) is 0.680. The average Bonchev–Trinajstić information content (AvgIpc) is 2.09. The van der Waals surface area contributed by atoms with Crippen LogP contribution in [0.1, 0.15) is 34.6 Å². The Morgan fingerprint density at radius 3 is 2.08 bits per heavy atom. The van der Waals surface area contributed by atoms with Gasteiger partial charge in [-0.2, -0.15) is 0 Å². The summed E-state index contributed by atoms with van der Waals surface area (Å²) >= 11 is 0. The largest absolute Gasteiger partial charge is 0.307 e. The lowest BCUT2D eigenvalue weighted by Crippen LogP contribution is -1.90. The molecule has 2 nitrogen and oxygen atoms in total. The zero-order valence-corrected chi connectivity index (χ0v) is 8.76. The van der Waals surface area contributed by atoms with Crippen molar-refractivity contribution in [2.24, 2.45) is 10.9 Å². The van der Waals surface area contributed by atoms with Crippen LogP contribution in [0.4, 0.5) is 0 Å². The van der Waals surface area contributed by atoms with Crippen molar-refractivity contribution in [3.8, 4) is 0 Å². The third-order valence-electron chi connectivity index (χ3n) is 1.19. The molecule has 0 heterocycles. The minimum Gasteiger partial charge on any atom is -0.307 e. The van der Waals surface area contributed by atoms with Crippen molar-refractivity contribution in [2.75, 3.05) is 0 Å². The molecule has 0 aromatic rings. The molecule has 0 rings (SSSR count). The van der Waals surface area contributed by atoms with Crippen molar-refractivity contribution in [2.45, 2.75) is 34.6 Å². The highest BCUT2D eigenvalue weighted by molar-refractivity contribution is 6.14. The highest BCUT2D eigenvalue weighted by atomic mass is 14.7. The number of nitrogens with one attached hydrogen (secondary N) is 1. The van der Waals surface area contributed by atoms with Gasteiger partial charge in [0.1, 0.15) is 0 Å². The first-order valence-corrected chi connectivity index (χ1v) is 4.41. The van der Waals surface area contributed by atoms with Crippen LogP contribution in [0, 0.1) is 11.3 Å². The average molecular weight is 168 g/mol. The van der Waals surface area contributed by atoms with Gasteiger partial charge < -0.3 is 5.41 Å². The van der Waals surface area contributed by atoms with Crippen LogP contribution < -0.4 is 0 Å². The Kier molecular flexibility index (Phi) is 11.5. The molecule has 0 atom stereocenters. The predicted octanol–water partition coefficient (Wildman–Crippen LogP) is 3.29. The van der Waals surface area contributed by atoms with Crippen molar-refractivity contribution >= 4 is 12.4 Å². The monoisotopic (exact) mass is 168 g/mol. The standard InChI is InChI=1S/C8H14N2.C2H6/c1-4-8(7(2)3)10-6-5-9;1-2/h4-7,9H,1-3H3;1-2H3/b8-4-,9-5?,10-6?;. The topological polar surface area (TPSA) is 36.2 Å². The zero-order valence-electron chi connectivity index (χ0n) is 8.76. The number of aliphatic imine (C=N–C) groups is 1. The number of nitrogens with zero attached hydrogens (tertiary/aromatic N) is 1. The van der Waals surface area contributed by atoms with E-state index in [9.17, 15) is 0 Å². The second-order valence-electron chi connectivity index (χ2n) is 2.31. The lowest BCUT2D eigenvalue weighted by atomic mass is 10.1. The summed E-state index contributed by atoms with van der Waals surface area (Å²) in [7, 11) is 0. The Bertz CT molecular complexity index is 155. The molecule has 0 bridgehead atoms. The van der Waals surface area contributed by atoms with Gasteiger partial charge in [0.15, 0.2) is 0 Å². The van der Waals surface area contributed by atoms with E-state index in [4.69, 9.17) is 5.41 Å². The Hall–Kier alpha value is -0.920. The van der Waals surface area contributed by atoms with Gasteiger partial charge in [-0.3, -0.25) is 4.99 Å². The van der Waals surface area contributed by atoms with E-state index in [0.29, 0.717) is 5.92 Å². The fraction of sp³-hybridized carbons (Fsp3) is 0.600. The summed E-state index contributed by atoms with van der Waals surface area (Å²) in [5.41, 5.74) is 1.03. The van der Waals surface area contributed by atoms with Crippen LogP contribution in [0.15, 0.2) is 16.8 Å². The highest BCUT2D eigenvalue weighted by Crippen LogP contribution is 2.08. The van der Waals surface area contributed by atoms with Gasteiger partial charge in [0, 0.05) is 18.1 Å². The van der Waals surface area contributed by atoms with E-state index in [-0.39, 0.29) is 0 Å². The Morgan fingerprint density at radius 1 is 1.33 bits per heavy atom. The molecule has 0 aromatic carbocycles. The molecule has 0 aliphatic heterocycles. The van der Waals surface area contributed by atoms with E-state index in [0.717, 1.165) is 5.70 Å². The summed E-state index contributed by atoms with van der Waals surface area (Å²) in [6, 6.07) is 0. The van der Waals surface area contributed by atoms with Crippen molar-refractivity contribution in [1.29, 1.82) is 5.41 Å². The molecule has 1 N–H and O–H groups in total. The maximum absolute atomic E-state index is 6.71. The summed E-state index contributed by atoms with van der Waals surface area (Å²) in [5.74, 6) is 0.446. The molecule has 70 valence electrons. The summed E-state index contributed by atoms with van der Waals surface area (Å²) < 4.78 is 0. The van der Waals surface area contributed by atoms with Gasteiger partial charge in [0.05, 0.1) is 0 Å². The van der Waals surface area contributed by atoms with E-state index in [1.54, 1.807) is 0 Å². The quantitative estimate of drug-likeness (QED) is 0.628. The molecule has 0 unspecified atom stereocenters. The third-order valence-corrected chi connectivity index (χ3v) is 1.19. The molecule has 0 saturated heterocycles. The van der Waals surface area contributed by atoms with E-state index < -0.39 is 0 Å². The van der Waals surface area contributed by atoms with Crippen LogP contribution >= 0.6 is 0 Å². The van der Waals surface area contributed by atoms with Crippen molar-refractivity contribution in [1.82, 2.24) is 0 Å². The van der Waals surface area contributed by atoms with Crippen LogP contribution in [0.5, 0.6) is 0 Å². The molecule has 0 radical (unpaired) electrons. The maximum atomic E-state index is 6.71. The molecule has 2 heteroatoms. The van der Waals surface area contributed by atoms with Gasteiger partial charge >= 0.3 is 0 Å². The van der Waals surface area contributed by atoms with Crippen LogP contribution in [0.2, 0.25) is 0 Å². The van der Waals surface area contributed by atoms with Crippen LogP contribution in [-0.2, 0) is 0 Å². The summed E-state index contributed by atoms with van der Waals surface area (Å²) in [6.07, 6.45) is 4.64. The van der Waals surface area contributed by atoms with E-state index >= 15 is 0 Å². The lowest BCUT2D eigenvalue weighted by Gasteiger charge is -2.02. The van der Waals surface area contributed by atoms with E-state index in [1.807, 2.05) is 26.8 Å². The molecule has 0 fully saturated rings. The normalized spacial score (nSPS) is 11.3. The first-order valence-electron chi connectivity index (χ1n) is 4.41. The second kappa shape index (κ2) is 10.1. The minimum atomic E-state index is 0.446. The van der Waals surface area contributed by atoms with Crippen molar-refractivity contribution in [3.63, 3.8) is 0 Å². The SMILES string of the molecule is C/C=C(\N=CC=N)C(C)C.CC. The fourth-order valence-corrected chi connectivity index (χ4v) is 0.680.